The number of ether oxygens (including phenoxy) is 1. The van der Waals surface area contributed by atoms with Gasteiger partial charge in [0, 0.05) is 37.6 Å². The van der Waals surface area contributed by atoms with Gasteiger partial charge in [-0.25, -0.2) is 8.42 Å². The lowest BCUT2D eigenvalue weighted by Crippen LogP contribution is -2.50. The molecule has 0 spiro atoms. The van der Waals surface area contributed by atoms with Gasteiger partial charge in [-0.05, 0) is 31.0 Å². The Morgan fingerprint density at radius 3 is 2.42 bits per heavy atom. The standard InChI is InChI=1S/C16H23ClN2O4S/c1-4-5-16(20)18-6-8-19(9-7-18)24(21,22)15-11-13(17)12(2)10-14(15)23-3/h10-11H,4-9H2,1-3H3. The van der Waals surface area contributed by atoms with Crippen LogP contribution in [0.1, 0.15) is 25.3 Å². The molecule has 1 fully saturated rings. The summed E-state index contributed by atoms with van der Waals surface area (Å²) < 4.78 is 32.4. The first-order valence-corrected chi connectivity index (χ1v) is 9.75. The molecule has 1 aliphatic rings. The summed E-state index contributed by atoms with van der Waals surface area (Å²) in [6.45, 7) is 5.09. The number of methoxy groups -OCH3 is 1. The third kappa shape index (κ3) is 3.84. The average Bonchev–Trinajstić information content (AvgIpc) is 2.57. The molecule has 2 rings (SSSR count). The second kappa shape index (κ2) is 7.72. The van der Waals surface area contributed by atoms with Gasteiger partial charge in [0.1, 0.15) is 10.6 Å². The minimum atomic E-state index is -3.72. The van der Waals surface area contributed by atoms with Crippen LogP contribution in [-0.2, 0) is 14.8 Å². The van der Waals surface area contributed by atoms with Gasteiger partial charge in [0.25, 0.3) is 0 Å². The molecule has 6 nitrogen and oxygen atoms in total. The quantitative estimate of drug-likeness (QED) is 0.793. The van der Waals surface area contributed by atoms with Crippen LogP contribution in [0.25, 0.3) is 0 Å². The van der Waals surface area contributed by atoms with Gasteiger partial charge in [-0.2, -0.15) is 4.31 Å². The second-order valence-electron chi connectivity index (χ2n) is 5.79. The number of rotatable bonds is 5. The molecule has 1 aromatic rings. The van der Waals surface area contributed by atoms with Gasteiger partial charge in [-0.3, -0.25) is 4.79 Å². The summed E-state index contributed by atoms with van der Waals surface area (Å²) >= 11 is 6.10. The molecule has 1 saturated heterocycles. The van der Waals surface area contributed by atoms with Crippen molar-refractivity contribution in [2.75, 3.05) is 33.3 Å². The zero-order valence-corrected chi connectivity index (χ0v) is 15.8. The second-order valence-corrected chi connectivity index (χ2v) is 8.10. The zero-order chi connectivity index (χ0) is 17.9. The summed E-state index contributed by atoms with van der Waals surface area (Å²) in [5.41, 5.74) is 0.752. The van der Waals surface area contributed by atoms with Crippen molar-refractivity contribution in [3.63, 3.8) is 0 Å². The molecule has 1 aliphatic heterocycles. The molecule has 1 amide bonds. The van der Waals surface area contributed by atoms with Gasteiger partial charge in [0.2, 0.25) is 15.9 Å². The van der Waals surface area contributed by atoms with E-state index in [4.69, 9.17) is 16.3 Å². The largest absolute Gasteiger partial charge is 0.495 e. The van der Waals surface area contributed by atoms with Gasteiger partial charge < -0.3 is 9.64 Å². The molecule has 0 aromatic heterocycles. The molecule has 0 atom stereocenters. The van der Waals surface area contributed by atoms with E-state index in [2.05, 4.69) is 0 Å². The maximum atomic E-state index is 12.9. The van der Waals surface area contributed by atoms with Crippen molar-refractivity contribution in [2.24, 2.45) is 0 Å². The van der Waals surface area contributed by atoms with Gasteiger partial charge in [0.15, 0.2) is 0 Å². The summed E-state index contributed by atoms with van der Waals surface area (Å²) in [6, 6.07) is 3.05. The molecule has 8 heteroatoms. The first-order valence-electron chi connectivity index (χ1n) is 7.93. The third-order valence-electron chi connectivity index (χ3n) is 4.12. The van der Waals surface area contributed by atoms with E-state index in [9.17, 15) is 13.2 Å². The number of sulfonamides is 1. The van der Waals surface area contributed by atoms with Crippen molar-refractivity contribution < 1.29 is 17.9 Å². The highest BCUT2D eigenvalue weighted by Gasteiger charge is 2.32. The molecule has 1 aromatic carbocycles. The van der Waals surface area contributed by atoms with E-state index in [0.29, 0.717) is 24.5 Å². The fraction of sp³-hybridized carbons (Fsp3) is 0.562. The molecule has 0 bridgehead atoms. The molecule has 134 valence electrons. The van der Waals surface area contributed by atoms with Crippen LogP contribution in [-0.4, -0.2) is 56.8 Å². The predicted octanol–water partition coefficient (Wildman–Crippen LogP) is 2.29. The summed E-state index contributed by atoms with van der Waals surface area (Å²) in [4.78, 5) is 13.7. The van der Waals surface area contributed by atoms with Crippen LogP contribution in [0.5, 0.6) is 5.75 Å². The van der Waals surface area contributed by atoms with Crippen LogP contribution in [0.3, 0.4) is 0 Å². The molecule has 0 N–H and O–H groups in total. The van der Waals surface area contributed by atoms with Crippen molar-refractivity contribution in [2.45, 2.75) is 31.6 Å². The Balaban J connectivity index is 2.21. The third-order valence-corrected chi connectivity index (χ3v) is 6.44. The zero-order valence-electron chi connectivity index (χ0n) is 14.2. The van der Waals surface area contributed by atoms with Crippen LogP contribution >= 0.6 is 11.6 Å². The number of halogens is 1. The average molecular weight is 375 g/mol. The first-order chi connectivity index (χ1) is 11.3. The number of nitrogens with zero attached hydrogens (tertiary/aromatic N) is 2. The van der Waals surface area contributed by atoms with E-state index >= 15 is 0 Å². The lowest BCUT2D eigenvalue weighted by Gasteiger charge is -2.34. The van der Waals surface area contributed by atoms with Gasteiger partial charge in [0.05, 0.1) is 7.11 Å². The van der Waals surface area contributed by atoms with Crippen LogP contribution in [0.2, 0.25) is 5.02 Å². The monoisotopic (exact) mass is 374 g/mol. The Morgan fingerprint density at radius 1 is 1.25 bits per heavy atom. The highest BCUT2D eigenvalue weighted by molar-refractivity contribution is 7.89. The Hall–Kier alpha value is -1.31. The number of carbonyl (C=O) groups is 1. The summed E-state index contributed by atoms with van der Waals surface area (Å²) in [5.74, 6) is 0.354. The van der Waals surface area contributed by atoms with E-state index in [-0.39, 0.29) is 29.6 Å². The van der Waals surface area contributed by atoms with Crippen LogP contribution in [0.4, 0.5) is 0 Å². The minimum absolute atomic E-state index is 0.0638. The van der Waals surface area contributed by atoms with Gasteiger partial charge in [-0.1, -0.05) is 18.5 Å². The van der Waals surface area contributed by atoms with E-state index in [1.165, 1.54) is 17.5 Å². The topological polar surface area (TPSA) is 66.9 Å². The Morgan fingerprint density at radius 2 is 1.88 bits per heavy atom. The molecule has 24 heavy (non-hydrogen) atoms. The first kappa shape index (κ1) is 19.0. The van der Waals surface area contributed by atoms with E-state index < -0.39 is 10.0 Å². The van der Waals surface area contributed by atoms with Crippen molar-refractivity contribution in [3.05, 3.63) is 22.7 Å². The van der Waals surface area contributed by atoms with Crippen LogP contribution in [0, 0.1) is 6.92 Å². The lowest BCUT2D eigenvalue weighted by atomic mass is 10.2. The molecule has 0 radical (unpaired) electrons. The molecule has 0 unspecified atom stereocenters. The van der Waals surface area contributed by atoms with E-state index in [0.717, 1.165) is 12.0 Å². The van der Waals surface area contributed by atoms with Crippen molar-refractivity contribution in [1.82, 2.24) is 9.21 Å². The molecule has 0 saturated carbocycles. The van der Waals surface area contributed by atoms with E-state index in [1.807, 2.05) is 6.92 Å². The molecular weight excluding hydrogens is 352 g/mol. The number of aryl methyl sites for hydroxylation is 1. The normalized spacial score (nSPS) is 16.2. The maximum absolute atomic E-state index is 12.9. The molecular formula is C16H23ClN2O4S. The Labute approximate surface area is 148 Å². The number of amides is 1. The van der Waals surface area contributed by atoms with Crippen molar-refractivity contribution >= 4 is 27.5 Å². The highest BCUT2D eigenvalue weighted by atomic mass is 35.5. The van der Waals surface area contributed by atoms with Crippen LogP contribution in [0.15, 0.2) is 17.0 Å². The van der Waals surface area contributed by atoms with Crippen molar-refractivity contribution in [3.8, 4) is 5.75 Å². The highest BCUT2D eigenvalue weighted by Crippen LogP contribution is 2.32. The smallest absolute Gasteiger partial charge is 0.246 e. The summed E-state index contributed by atoms with van der Waals surface area (Å²) in [6.07, 6.45) is 1.28. The number of carbonyl (C=O) groups excluding carboxylic acids is 1. The summed E-state index contributed by atoms with van der Waals surface area (Å²) in [5, 5.41) is 0.381. The minimum Gasteiger partial charge on any atom is -0.495 e. The SMILES string of the molecule is CCCC(=O)N1CCN(S(=O)(=O)c2cc(Cl)c(C)cc2OC)CC1. The fourth-order valence-electron chi connectivity index (χ4n) is 2.69. The van der Waals surface area contributed by atoms with Gasteiger partial charge in [-0.15, -0.1) is 0 Å². The number of hydrogen-bond acceptors (Lipinski definition) is 4. The summed E-state index contributed by atoms with van der Waals surface area (Å²) in [7, 11) is -2.29. The number of benzene rings is 1. The number of piperazine rings is 1. The van der Waals surface area contributed by atoms with E-state index in [1.54, 1.807) is 17.9 Å². The predicted molar refractivity (Wildman–Crippen MR) is 93.0 cm³/mol. The molecule has 0 aliphatic carbocycles. The lowest BCUT2D eigenvalue weighted by molar-refractivity contribution is -0.132. The van der Waals surface area contributed by atoms with Crippen molar-refractivity contribution in [1.29, 1.82) is 0 Å². The Kier molecular flexibility index (Phi) is 6.11. The van der Waals surface area contributed by atoms with Gasteiger partial charge >= 0.3 is 0 Å². The number of hydrogen-bond donors (Lipinski definition) is 0. The molecule has 1 heterocycles. The Bertz CT molecular complexity index is 713. The fourth-order valence-corrected chi connectivity index (χ4v) is 4.50. The van der Waals surface area contributed by atoms with Crippen LogP contribution < -0.4 is 4.74 Å². The maximum Gasteiger partial charge on any atom is 0.246 e.